The summed E-state index contributed by atoms with van der Waals surface area (Å²) < 4.78 is 6.37. The number of ether oxygens (including phenoxy) is 1. The molecule has 3 aliphatic carbocycles. The molecule has 4 heteroatoms. The van der Waals surface area contributed by atoms with E-state index in [9.17, 15) is 15.3 Å². The van der Waals surface area contributed by atoms with Gasteiger partial charge in [0.05, 0.1) is 23.4 Å². The Kier molecular flexibility index (Phi) is 7.61. The van der Waals surface area contributed by atoms with Crippen LogP contribution in [-0.2, 0) is 4.74 Å². The van der Waals surface area contributed by atoms with E-state index in [1.54, 1.807) is 0 Å². The second kappa shape index (κ2) is 9.58. The largest absolute Gasteiger partial charge is 0.393 e. The van der Waals surface area contributed by atoms with Gasteiger partial charge < -0.3 is 20.1 Å². The SMILES string of the molecule is C=C1C(=CC=C2CCC[C@]3(C)C(C(C)(C)OCCCC(C)(C)O)=CC[C@@H]23)C[C@@H](O)C[C@@H]1O. The van der Waals surface area contributed by atoms with Crippen LogP contribution < -0.4 is 0 Å². The number of aliphatic hydroxyl groups is 3. The van der Waals surface area contributed by atoms with E-state index in [0.29, 0.717) is 25.4 Å². The van der Waals surface area contributed by atoms with Crippen LogP contribution in [0.2, 0.25) is 0 Å². The first-order valence-corrected chi connectivity index (χ1v) is 12.4. The lowest BCUT2D eigenvalue weighted by Gasteiger charge is -2.45. The zero-order valence-electron chi connectivity index (χ0n) is 20.8. The molecule has 0 spiro atoms. The van der Waals surface area contributed by atoms with Gasteiger partial charge >= 0.3 is 0 Å². The van der Waals surface area contributed by atoms with Gasteiger partial charge in [-0.1, -0.05) is 37.3 Å². The molecule has 4 atom stereocenters. The molecule has 0 saturated heterocycles. The van der Waals surface area contributed by atoms with Crippen molar-refractivity contribution >= 4 is 0 Å². The van der Waals surface area contributed by atoms with Crippen LogP contribution in [0.15, 0.2) is 47.1 Å². The lowest BCUT2D eigenvalue weighted by Crippen LogP contribution is -2.40. The Morgan fingerprint density at radius 1 is 1.22 bits per heavy atom. The standard InChI is InChI=1S/C28H44O4/c1-19-21(17-22(29)18-24(19)30)11-10-20-9-7-15-28(6)23(20)12-13-25(28)27(4,5)32-16-8-14-26(2,3)31/h10-11,13,22-24,29-31H,1,7-9,12,14-18H2,2-6H3/t22-,23+,24+,28+/m1/s1. The molecule has 0 aromatic rings. The van der Waals surface area contributed by atoms with Crippen LogP contribution in [0, 0.1) is 11.3 Å². The summed E-state index contributed by atoms with van der Waals surface area (Å²) in [7, 11) is 0. The van der Waals surface area contributed by atoms with E-state index in [1.165, 1.54) is 11.1 Å². The maximum Gasteiger partial charge on any atom is 0.0840 e. The minimum atomic E-state index is -0.648. The van der Waals surface area contributed by atoms with Gasteiger partial charge in [-0.2, -0.15) is 0 Å². The van der Waals surface area contributed by atoms with Crippen molar-refractivity contribution in [2.24, 2.45) is 11.3 Å². The first-order chi connectivity index (χ1) is 14.8. The predicted molar refractivity (Wildman–Crippen MR) is 130 cm³/mol. The van der Waals surface area contributed by atoms with Crippen molar-refractivity contribution in [2.45, 2.75) is 109 Å². The van der Waals surface area contributed by atoms with Gasteiger partial charge in [0.2, 0.25) is 0 Å². The molecular weight excluding hydrogens is 400 g/mol. The number of hydrogen-bond donors (Lipinski definition) is 3. The summed E-state index contributed by atoms with van der Waals surface area (Å²) in [5.41, 5.74) is 3.70. The van der Waals surface area contributed by atoms with Crippen molar-refractivity contribution < 1.29 is 20.1 Å². The number of aliphatic hydroxyl groups excluding tert-OH is 2. The van der Waals surface area contributed by atoms with Crippen LogP contribution >= 0.6 is 0 Å². The van der Waals surface area contributed by atoms with Gasteiger partial charge in [0, 0.05) is 13.0 Å². The summed E-state index contributed by atoms with van der Waals surface area (Å²) in [6.07, 6.45) is 12.6. The highest BCUT2D eigenvalue weighted by Gasteiger charge is 2.49. The molecule has 0 aromatic carbocycles. The summed E-state index contributed by atoms with van der Waals surface area (Å²) in [5, 5.41) is 30.2. The third kappa shape index (κ3) is 5.64. The van der Waals surface area contributed by atoms with Crippen molar-refractivity contribution in [3.05, 3.63) is 47.1 Å². The Morgan fingerprint density at radius 3 is 2.62 bits per heavy atom. The van der Waals surface area contributed by atoms with Gasteiger partial charge in [0.25, 0.3) is 0 Å². The zero-order valence-corrected chi connectivity index (χ0v) is 20.8. The molecule has 2 saturated carbocycles. The van der Waals surface area contributed by atoms with Crippen LogP contribution in [0.25, 0.3) is 0 Å². The molecule has 2 fully saturated rings. The molecule has 0 amide bonds. The van der Waals surface area contributed by atoms with E-state index >= 15 is 0 Å². The van der Waals surface area contributed by atoms with E-state index in [0.717, 1.165) is 49.7 Å². The molecule has 3 rings (SSSR count). The number of fused-ring (bicyclic) bond motifs is 1. The third-order valence-electron chi connectivity index (χ3n) is 7.86. The highest BCUT2D eigenvalue weighted by Crippen LogP contribution is 2.57. The normalized spacial score (nSPS) is 34.2. The van der Waals surface area contributed by atoms with Gasteiger partial charge in [0.15, 0.2) is 0 Å². The Balaban J connectivity index is 1.72. The lowest BCUT2D eigenvalue weighted by molar-refractivity contribution is -0.0191. The zero-order chi connectivity index (χ0) is 23.7. The Labute approximate surface area is 194 Å². The van der Waals surface area contributed by atoms with Crippen LogP contribution in [0.3, 0.4) is 0 Å². The molecule has 3 aliphatic rings. The molecule has 0 unspecified atom stereocenters. The van der Waals surface area contributed by atoms with Crippen LogP contribution in [0.5, 0.6) is 0 Å². The van der Waals surface area contributed by atoms with Gasteiger partial charge in [-0.3, -0.25) is 0 Å². The molecular formula is C28H44O4. The number of allylic oxidation sites excluding steroid dienone is 4. The molecule has 0 bridgehead atoms. The van der Waals surface area contributed by atoms with Crippen molar-refractivity contribution in [1.29, 1.82) is 0 Å². The Morgan fingerprint density at radius 2 is 1.94 bits per heavy atom. The minimum absolute atomic E-state index is 0.0882. The Bertz CT molecular complexity index is 795. The highest BCUT2D eigenvalue weighted by atomic mass is 16.5. The topological polar surface area (TPSA) is 69.9 Å². The van der Waals surface area contributed by atoms with Crippen LogP contribution in [-0.4, -0.2) is 45.3 Å². The fourth-order valence-corrected chi connectivity index (χ4v) is 6.13. The van der Waals surface area contributed by atoms with E-state index in [2.05, 4.69) is 45.6 Å². The van der Waals surface area contributed by atoms with Gasteiger partial charge in [-0.25, -0.2) is 0 Å². The van der Waals surface area contributed by atoms with E-state index in [-0.39, 0.29) is 11.0 Å². The molecule has 0 radical (unpaired) electrons. The van der Waals surface area contributed by atoms with Crippen LogP contribution in [0.4, 0.5) is 0 Å². The smallest absolute Gasteiger partial charge is 0.0840 e. The average Bonchev–Trinajstić information content (AvgIpc) is 3.04. The predicted octanol–water partition coefficient (Wildman–Crippen LogP) is 5.39. The first kappa shape index (κ1) is 25.4. The van der Waals surface area contributed by atoms with Crippen LogP contribution in [0.1, 0.15) is 86.0 Å². The third-order valence-corrected chi connectivity index (χ3v) is 7.86. The molecule has 0 aliphatic heterocycles. The fourth-order valence-electron chi connectivity index (χ4n) is 6.13. The van der Waals surface area contributed by atoms with Gasteiger partial charge in [-0.15, -0.1) is 0 Å². The van der Waals surface area contributed by atoms with E-state index in [1.807, 2.05) is 13.8 Å². The van der Waals surface area contributed by atoms with Crippen molar-refractivity contribution in [3.8, 4) is 0 Å². The second-order valence-electron chi connectivity index (χ2n) is 11.5. The summed E-state index contributed by atoms with van der Waals surface area (Å²) in [6.45, 7) is 15.2. The minimum Gasteiger partial charge on any atom is -0.393 e. The summed E-state index contributed by atoms with van der Waals surface area (Å²) in [6, 6.07) is 0. The quantitative estimate of drug-likeness (QED) is 0.363. The Hall–Kier alpha value is -1.20. The molecule has 0 aromatic heterocycles. The molecule has 4 nitrogen and oxygen atoms in total. The van der Waals surface area contributed by atoms with Gasteiger partial charge in [0.1, 0.15) is 0 Å². The second-order valence-corrected chi connectivity index (χ2v) is 11.5. The first-order valence-electron chi connectivity index (χ1n) is 12.4. The number of rotatable bonds is 7. The maximum atomic E-state index is 10.1. The fraction of sp³-hybridized carbons (Fsp3) is 0.714. The molecule has 180 valence electrons. The summed E-state index contributed by atoms with van der Waals surface area (Å²) in [4.78, 5) is 0. The van der Waals surface area contributed by atoms with Crippen molar-refractivity contribution in [1.82, 2.24) is 0 Å². The van der Waals surface area contributed by atoms with Crippen molar-refractivity contribution in [2.75, 3.05) is 6.61 Å². The molecule has 0 heterocycles. The van der Waals surface area contributed by atoms with Gasteiger partial charge in [-0.05, 0) is 101 Å². The average molecular weight is 445 g/mol. The van der Waals surface area contributed by atoms with E-state index < -0.39 is 17.8 Å². The maximum absolute atomic E-state index is 10.1. The van der Waals surface area contributed by atoms with Crippen molar-refractivity contribution in [3.63, 3.8) is 0 Å². The summed E-state index contributed by atoms with van der Waals surface area (Å²) >= 11 is 0. The monoisotopic (exact) mass is 444 g/mol. The summed E-state index contributed by atoms with van der Waals surface area (Å²) in [5.74, 6) is 0.467. The van der Waals surface area contributed by atoms with E-state index in [4.69, 9.17) is 4.74 Å². The highest BCUT2D eigenvalue weighted by molar-refractivity contribution is 5.41. The lowest BCUT2D eigenvalue weighted by atomic mass is 9.62. The molecule has 32 heavy (non-hydrogen) atoms. The molecule has 3 N–H and O–H groups in total. The number of hydrogen-bond acceptors (Lipinski definition) is 4.